The van der Waals surface area contributed by atoms with Crippen LogP contribution < -0.4 is 0 Å². The third-order valence-electron chi connectivity index (χ3n) is 4.23. The van der Waals surface area contributed by atoms with Gasteiger partial charge in [0.25, 0.3) is 0 Å². The molecule has 12 heteroatoms. The molecule has 36 heavy (non-hydrogen) atoms. The Kier molecular flexibility index (Phi) is 31.3. The first-order valence-corrected chi connectivity index (χ1v) is 12.7. The van der Waals surface area contributed by atoms with Crippen molar-refractivity contribution in [3.05, 3.63) is 0 Å². The van der Waals surface area contributed by atoms with Crippen LogP contribution >= 0.6 is 0 Å². The first-order valence-electron chi connectivity index (χ1n) is 12.7. The van der Waals surface area contributed by atoms with Crippen LogP contribution in [0.25, 0.3) is 0 Å². The van der Waals surface area contributed by atoms with Gasteiger partial charge in [-0.1, -0.05) is 0 Å². The Balaban J connectivity index is 3.03. The predicted molar refractivity (Wildman–Crippen MR) is 130 cm³/mol. The van der Waals surface area contributed by atoms with Gasteiger partial charge < -0.3 is 52.1 Å². The van der Waals surface area contributed by atoms with Gasteiger partial charge >= 0.3 is 5.97 Å². The highest BCUT2D eigenvalue weighted by atomic mass is 16.6. The Hall–Kier alpha value is -0.930. The molecule has 216 valence electrons. The summed E-state index contributed by atoms with van der Waals surface area (Å²) in [5.41, 5.74) is 0. The van der Waals surface area contributed by atoms with Gasteiger partial charge in [-0.05, 0) is 6.92 Å². The fourth-order valence-electron chi connectivity index (χ4n) is 2.38. The van der Waals surface area contributed by atoms with Crippen molar-refractivity contribution in [2.24, 2.45) is 0 Å². The van der Waals surface area contributed by atoms with E-state index in [4.69, 9.17) is 47.4 Å². The second-order valence-corrected chi connectivity index (χ2v) is 7.03. The summed E-state index contributed by atoms with van der Waals surface area (Å²) in [5.74, 6) is -0.283. The number of carbonyl (C=O) groups is 1. The first kappa shape index (κ1) is 35.1. The van der Waals surface area contributed by atoms with Crippen molar-refractivity contribution in [1.82, 2.24) is 0 Å². The predicted octanol–water partition coefficient (Wildman–Crippen LogP) is 0.735. The maximum Gasteiger partial charge on any atom is 0.307 e. The molecule has 0 atom stereocenters. The van der Waals surface area contributed by atoms with Gasteiger partial charge in [0, 0.05) is 6.61 Å². The molecule has 0 aromatic heterocycles. The topological polar surface area (TPSA) is 119 Å². The minimum absolute atomic E-state index is 0.249. The van der Waals surface area contributed by atoms with Gasteiger partial charge in [0.2, 0.25) is 0 Å². The normalized spacial score (nSPS) is 11.3. The molecule has 0 amide bonds. The van der Waals surface area contributed by atoms with E-state index in [0.29, 0.717) is 132 Å². The molecule has 0 fully saturated rings. The lowest BCUT2D eigenvalue weighted by Crippen LogP contribution is -2.15. The van der Waals surface area contributed by atoms with Crippen LogP contribution in [0, 0.1) is 0 Å². The summed E-state index contributed by atoms with van der Waals surface area (Å²) in [7, 11) is 1.35. The highest BCUT2D eigenvalue weighted by Crippen LogP contribution is 1.88. The summed E-state index contributed by atoms with van der Waals surface area (Å²) in [6.45, 7) is 12.3. The van der Waals surface area contributed by atoms with Crippen molar-refractivity contribution >= 4 is 5.97 Å². The summed E-state index contributed by atoms with van der Waals surface area (Å²) >= 11 is 0. The van der Waals surface area contributed by atoms with E-state index in [2.05, 4.69) is 4.74 Å². The third kappa shape index (κ3) is 31.1. The molecule has 0 unspecified atom stereocenters. The van der Waals surface area contributed by atoms with E-state index < -0.39 is 0 Å². The molecular formula is C24H48O12. The lowest BCUT2D eigenvalue weighted by molar-refractivity contribution is -0.141. The molecule has 0 spiro atoms. The van der Waals surface area contributed by atoms with Gasteiger partial charge in [0.15, 0.2) is 0 Å². The molecular weight excluding hydrogens is 480 g/mol. The highest BCUT2D eigenvalue weighted by Gasteiger charge is 1.99. The minimum atomic E-state index is -0.283. The van der Waals surface area contributed by atoms with Crippen molar-refractivity contribution in [2.75, 3.05) is 139 Å². The molecule has 0 saturated carbocycles. The van der Waals surface area contributed by atoms with Crippen LogP contribution in [0.3, 0.4) is 0 Å². The number of hydrogen-bond acceptors (Lipinski definition) is 12. The van der Waals surface area contributed by atoms with Gasteiger partial charge in [-0.15, -0.1) is 0 Å². The van der Waals surface area contributed by atoms with Crippen LogP contribution in [0.15, 0.2) is 0 Å². The smallest absolute Gasteiger partial charge is 0.307 e. The van der Waals surface area contributed by atoms with Crippen LogP contribution in [0.4, 0.5) is 0 Å². The molecule has 0 aliphatic carbocycles. The molecule has 0 N–H and O–H groups in total. The Morgan fingerprint density at radius 1 is 0.389 bits per heavy atom. The third-order valence-corrected chi connectivity index (χ3v) is 4.23. The summed E-state index contributed by atoms with van der Waals surface area (Å²) in [6, 6.07) is 0. The van der Waals surface area contributed by atoms with E-state index in [0.717, 1.165) is 0 Å². The number of rotatable bonds is 31. The van der Waals surface area contributed by atoms with Gasteiger partial charge in [-0.3, -0.25) is 4.79 Å². The molecule has 0 aromatic rings. The molecule has 0 aliphatic heterocycles. The quantitative estimate of drug-likeness (QED) is 0.0932. The van der Waals surface area contributed by atoms with Crippen LogP contribution in [-0.2, 0) is 56.9 Å². The van der Waals surface area contributed by atoms with Gasteiger partial charge in [-0.25, -0.2) is 0 Å². The maximum absolute atomic E-state index is 10.9. The molecule has 0 heterocycles. The van der Waals surface area contributed by atoms with E-state index >= 15 is 0 Å². The lowest BCUT2D eigenvalue weighted by atomic mass is 10.5. The zero-order valence-electron chi connectivity index (χ0n) is 22.2. The Morgan fingerprint density at radius 2 is 0.611 bits per heavy atom. The number of methoxy groups -OCH3 is 1. The van der Waals surface area contributed by atoms with Crippen molar-refractivity contribution in [3.63, 3.8) is 0 Å². The highest BCUT2D eigenvalue weighted by molar-refractivity contribution is 5.69. The van der Waals surface area contributed by atoms with Crippen molar-refractivity contribution in [1.29, 1.82) is 0 Å². The fourth-order valence-corrected chi connectivity index (χ4v) is 2.38. The molecule has 0 rings (SSSR count). The molecule has 0 aliphatic rings. The van der Waals surface area contributed by atoms with Gasteiger partial charge in [0.1, 0.15) is 0 Å². The Bertz CT molecular complexity index is 428. The molecule has 0 aromatic carbocycles. The summed E-state index contributed by atoms with van der Waals surface area (Å²) in [6.07, 6.45) is 0.249. The largest absolute Gasteiger partial charge is 0.469 e. The van der Waals surface area contributed by atoms with E-state index in [1.807, 2.05) is 6.92 Å². The monoisotopic (exact) mass is 528 g/mol. The summed E-state index contributed by atoms with van der Waals surface area (Å²) in [4.78, 5) is 10.9. The van der Waals surface area contributed by atoms with Crippen molar-refractivity contribution < 1.29 is 56.9 Å². The number of ether oxygens (including phenoxy) is 11. The lowest BCUT2D eigenvalue weighted by Gasteiger charge is -2.09. The first-order chi connectivity index (χ1) is 17.8. The van der Waals surface area contributed by atoms with Crippen molar-refractivity contribution in [2.45, 2.75) is 13.3 Å². The molecule has 0 saturated heterocycles. The second kappa shape index (κ2) is 32.1. The standard InChI is InChI=1S/C24H48O12/c1-3-27-6-7-29-10-11-31-14-15-33-18-19-35-22-23-36-21-20-34-17-16-32-13-12-30-9-8-28-5-4-24(25)26-2/h3-23H2,1-2H3. The van der Waals surface area contributed by atoms with Crippen LogP contribution in [-0.4, -0.2) is 145 Å². The number of hydrogen-bond donors (Lipinski definition) is 0. The van der Waals surface area contributed by atoms with E-state index in [-0.39, 0.29) is 12.4 Å². The molecule has 0 bridgehead atoms. The van der Waals surface area contributed by atoms with Crippen LogP contribution in [0.5, 0.6) is 0 Å². The average Bonchev–Trinajstić information content (AvgIpc) is 2.89. The van der Waals surface area contributed by atoms with Crippen molar-refractivity contribution in [3.8, 4) is 0 Å². The van der Waals surface area contributed by atoms with E-state index in [1.54, 1.807) is 0 Å². The minimum Gasteiger partial charge on any atom is -0.469 e. The fraction of sp³-hybridized carbons (Fsp3) is 0.958. The van der Waals surface area contributed by atoms with E-state index in [1.165, 1.54) is 7.11 Å². The second-order valence-electron chi connectivity index (χ2n) is 7.03. The Morgan fingerprint density at radius 3 is 0.833 bits per heavy atom. The SMILES string of the molecule is CCOCCOCCOCCOCCOCCOCCOCCOCCOCCOCCC(=O)OC. The van der Waals surface area contributed by atoms with E-state index in [9.17, 15) is 4.79 Å². The molecule has 12 nitrogen and oxygen atoms in total. The Labute approximate surface area is 216 Å². The van der Waals surface area contributed by atoms with Crippen LogP contribution in [0.1, 0.15) is 13.3 Å². The number of esters is 1. The number of carbonyl (C=O) groups excluding carboxylic acids is 1. The van der Waals surface area contributed by atoms with Gasteiger partial charge in [-0.2, -0.15) is 0 Å². The zero-order valence-corrected chi connectivity index (χ0v) is 22.2. The van der Waals surface area contributed by atoms with Crippen LogP contribution in [0.2, 0.25) is 0 Å². The van der Waals surface area contributed by atoms with Gasteiger partial charge in [0.05, 0.1) is 139 Å². The zero-order chi connectivity index (χ0) is 26.2. The summed E-state index contributed by atoms with van der Waals surface area (Å²) < 4.78 is 58.2. The average molecular weight is 529 g/mol. The summed E-state index contributed by atoms with van der Waals surface area (Å²) in [5, 5.41) is 0. The maximum atomic E-state index is 10.9. The molecule has 0 radical (unpaired) electrons.